The number of nitrogens with zero attached hydrogens (tertiary/aromatic N) is 1. The summed E-state index contributed by atoms with van der Waals surface area (Å²) in [7, 11) is 0. The zero-order valence-electron chi connectivity index (χ0n) is 14.0. The van der Waals surface area contributed by atoms with Gasteiger partial charge in [0.1, 0.15) is 5.82 Å². The second kappa shape index (κ2) is 8.24. The molecule has 0 saturated carbocycles. The van der Waals surface area contributed by atoms with Crippen LogP contribution < -0.4 is 10.9 Å². The number of aromatic nitrogens is 2. The molecular weight excluding hydrogens is 389 g/mol. The van der Waals surface area contributed by atoms with Crippen LogP contribution in [0.15, 0.2) is 53.3 Å². The fourth-order valence-corrected chi connectivity index (χ4v) is 2.78. The van der Waals surface area contributed by atoms with Gasteiger partial charge in [-0.15, -0.1) is 0 Å². The largest absolute Gasteiger partial charge is 0.501 e. The Bertz CT molecular complexity index is 1040. The Morgan fingerprint density at radius 3 is 2.52 bits per heavy atom. The topological polar surface area (TPSA) is 95.1 Å². The Hall–Kier alpha value is -2.83. The van der Waals surface area contributed by atoms with Gasteiger partial charge in [-0.25, -0.2) is 4.98 Å². The number of nitrogens with one attached hydrogen (secondary N) is 2. The highest BCUT2D eigenvalue weighted by Gasteiger charge is 2.18. The van der Waals surface area contributed by atoms with Gasteiger partial charge in [-0.2, -0.15) is 0 Å². The van der Waals surface area contributed by atoms with Crippen LogP contribution >= 0.6 is 23.2 Å². The van der Waals surface area contributed by atoms with Gasteiger partial charge in [-0.3, -0.25) is 9.59 Å². The van der Waals surface area contributed by atoms with Gasteiger partial charge in [0.05, 0.1) is 10.0 Å². The van der Waals surface area contributed by atoms with Crippen molar-refractivity contribution in [2.75, 3.05) is 0 Å². The van der Waals surface area contributed by atoms with E-state index in [0.717, 1.165) is 5.56 Å². The lowest BCUT2D eigenvalue weighted by molar-refractivity contribution is 0.0942. The van der Waals surface area contributed by atoms with E-state index in [4.69, 9.17) is 23.2 Å². The molecule has 0 fully saturated rings. The van der Waals surface area contributed by atoms with Crippen LogP contribution in [0.4, 0.5) is 0 Å². The molecule has 3 N–H and O–H groups in total. The third-order valence-electron chi connectivity index (χ3n) is 3.81. The van der Waals surface area contributed by atoms with Gasteiger partial charge in [-0.05, 0) is 23.3 Å². The predicted molar refractivity (Wildman–Crippen MR) is 103 cm³/mol. The van der Waals surface area contributed by atoms with Crippen molar-refractivity contribution in [3.8, 4) is 5.75 Å². The third kappa shape index (κ3) is 4.67. The molecule has 1 amide bonds. The number of amides is 1. The van der Waals surface area contributed by atoms with Gasteiger partial charge in [0.2, 0.25) is 5.75 Å². The number of H-pyrrole nitrogens is 1. The van der Waals surface area contributed by atoms with Crippen LogP contribution in [0, 0.1) is 0 Å². The van der Waals surface area contributed by atoms with Gasteiger partial charge in [0.25, 0.3) is 11.5 Å². The van der Waals surface area contributed by atoms with Crippen molar-refractivity contribution < 1.29 is 9.90 Å². The van der Waals surface area contributed by atoms with E-state index in [2.05, 4.69) is 15.3 Å². The Balaban J connectivity index is 1.79. The van der Waals surface area contributed by atoms with Crippen molar-refractivity contribution in [2.45, 2.75) is 13.0 Å². The summed E-state index contributed by atoms with van der Waals surface area (Å²) in [5.41, 5.74) is 0.528. The summed E-state index contributed by atoms with van der Waals surface area (Å²) in [5, 5.41) is 13.3. The van der Waals surface area contributed by atoms with Crippen molar-refractivity contribution in [3.05, 3.63) is 91.6 Å². The lowest BCUT2D eigenvalue weighted by Crippen LogP contribution is -2.27. The molecule has 27 heavy (non-hydrogen) atoms. The summed E-state index contributed by atoms with van der Waals surface area (Å²) in [5.74, 6) is -1.11. The molecule has 1 heterocycles. The average Bonchev–Trinajstić information content (AvgIpc) is 2.66. The minimum atomic E-state index is -0.768. The Morgan fingerprint density at radius 1 is 1.07 bits per heavy atom. The molecule has 0 unspecified atom stereocenters. The van der Waals surface area contributed by atoms with Crippen LogP contribution in [0.25, 0.3) is 0 Å². The number of benzene rings is 2. The first-order chi connectivity index (χ1) is 12.9. The van der Waals surface area contributed by atoms with Gasteiger partial charge < -0.3 is 15.4 Å². The molecule has 0 saturated heterocycles. The van der Waals surface area contributed by atoms with Crippen molar-refractivity contribution in [1.29, 1.82) is 0 Å². The number of aromatic amines is 1. The number of rotatable bonds is 5. The maximum Gasteiger partial charge on any atom is 0.293 e. The molecule has 2 aromatic carbocycles. The normalized spacial score (nSPS) is 10.6. The molecule has 0 aliphatic heterocycles. The van der Waals surface area contributed by atoms with E-state index in [1.165, 1.54) is 0 Å². The van der Waals surface area contributed by atoms with E-state index < -0.39 is 17.2 Å². The quantitative estimate of drug-likeness (QED) is 0.608. The van der Waals surface area contributed by atoms with Crippen LogP contribution in [-0.4, -0.2) is 21.0 Å². The summed E-state index contributed by atoms with van der Waals surface area (Å²) < 4.78 is 0. The minimum Gasteiger partial charge on any atom is -0.501 e. The molecule has 0 spiro atoms. The van der Waals surface area contributed by atoms with E-state index in [1.54, 1.807) is 18.2 Å². The zero-order valence-corrected chi connectivity index (χ0v) is 15.5. The van der Waals surface area contributed by atoms with E-state index >= 15 is 0 Å². The molecule has 0 atom stereocenters. The predicted octanol–water partition coefficient (Wildman–Crippen LogP) is 3.30. The number of hydrogen-bond donors (Lipinski definition) is 3. The molecule has 0 bridgehead atoms. The second-order valence-electron chi connectivity index (χ2n) is 5.80. The summed E-state index contributed by atoms with van der Waals surface area (Å²) >= 11 is 11.8. The summed E-state index contributed by atoms with van der Waals surface area (Å²) in [6.07, 6.45) is 0.323. The van der Waals surface area contributed by atoms with Crippen LogP contribution in [0.2, 0.25) is 10.0 Å². The first-order valence-electron chi connectivity index (χ1n) is 8.02. The highest BCUT2D eigenvalue weighted by atomic mass is 35.5. The monoisotopic (exact) mass is 403 g/mol. The number of hydrogen-bond acceptors (Lipinski definition) is 4. The Labute approximate surface area is 164 Å². The summed E-state index contributed by atoms with van der Waals surface area (Å²) in [6, 6.07) is 14.3. The number of carbonyl (C=O) groups excluding carboxylic acids is 1. The fraction of sp³-hybridized carbons (Fsp3) is 0.105. The highest BCUT2D eigenvalue weighted by molar-refractivity contribution is 6.42. The van der Waals surface area contributed by atoms with Gasteiger partial charge in [0.15, 0.2) is 5.69 Å². The summed E-state index contributed by atoms with van der Waals surface area (Å²) in [4.78, 5) is 30.9. The van der Waals surface area contributed by atoms with E-state index in [1.807, 2.05) is 30.3 Å². The lowest BCUT2D eigenvalue weighted by Gasteiger charge is -2.09. The van der Waals surface area contributed by atoms with Crippen molar-refractivity contribution >= 4 is 29.1 Å². The maximum atomic E-state index is 12.4. The Morgan fingerprint density at radius 2 is 1.81 bits per heavy atom. The number of aromatic hydroxyl groups is 1. The molecule has 3 rings (SSSR count). The molecule has 138 valence electrons. The molecule has 0 aliphatic carbocycles. The first-order valence-corrected chi connectivity index (χ1v) is 8.78. The van der Waals surface area contributed by atoms with Crippen LogP contribution in [0.1, 0.15) is 27.4 Å². The lowest BCUT2D eigenvalue weighted by atomic mass is 10.1. The Kier molecular flexibility index (Phi) is 5.78. The van der Waals surface area contributed by atoms with E-state index in [0.29, 0.717) is 22.0 Å². The van der Waals surface area contributed by atoms with E-state index in [9.17, 15) is 14.7 Å². The molecule has 6 nitrogen and oxygen atoms in total. The summed E-state index contributed by atoms with van der Waals surface area (Å²) in [6.45, 7) is 0.137. The zero-order chi connectivity index (χ0) is 19.4. The second-order valence-corrected chi connectivity index (χ2v) is 6.62. The van der Waals surface area contributed by atoms with Crippen LogP contribution in [0.3, 0.4) is 0 Å². The molecular formula is C19H15Cl2N3O3. The van der Waals surface area contributed by atoms with Crippen molar-refractivity contribution in [2.24, 2.45) is 0 Å². The highest BCUT2D eigenvalue weighted by Crippen LogP contribution is 2.22. The third-order valence-corrected chi connectivity index (χ3v) is 4.55. The maximum absolute atomic E-state index is 12.4. The number of halogens is 2. The molecule has 3 aromatic rings. The smallest absolute Gasteiger partial charge is 0.293 e. The molecule has 0 radical (unpaired) electrons. The van der Waals surface area contributed by atoms with Crippen LogP contribution in [-0.2, 0) is 13.0 Å². The van der Waals surface area contributed by atoms with Gasteiger partial charge in [0, 0.05) is 13.0 Å². The van der Waals surface area contributed by atoms with E-state index in [-0.39, 0.29) is 18.1 Å². The van der Waals surface area contributed by atoms with Crippen molar-refractivity contribution in [3.63, 3.8) is 0 Å². The average molecular weight is 404 g/mol. The van der Waals surface area contributed by atoms with Gasteiger partial charge >= 0.3 is 0 Å². The molecule has 0 aliphatic rings. The van der Waals surface area contributed by atoms with Gasteiger partial charge in [-0.1, -0.05) is 59.6 Å². The molecule has 8 heteroatoms. The molecule has 1 aromatic heterocycles. The standard InChI is InChI=1S/C19H15Cl2N3O3/c20-13-7-6-12(8-14(13)21)10-22-18(26)16-17(25)19(27)24-15(23-16)9-11-4-2-1-3-5-11/h1-8,25H,9-10H2,(H,22,26)(H,23,24,27). The fourth-order valence-electron chi connectivity index (χ4n) is 2.46. The first kappa shape index (κ1) is 18.9. The van der Waals surface area contributed by atoms with Crippen molar-refractivity contribution in [1.82, 2.24) is 15.3 Å². The van der Waals surface area contributed by atoms with Crippen LogP contribution in [0.5, 0.6) is 5.75 Å². The minimum absolute atomic E-state index is 0.137. The SMILES string of the molecule is O=C(NCc1ccc(Cl)c(Cl)c1)c1nc(Cc2ccccc2)[nH]c(=O)c1O. The number of carbonyl (C=O) groups is 1.